The minimum atomic E-state index is -4.70. The molecule has 1 aromatic carbocycles. The van der Waals surface area contributed by atoms with Crippen LogP contribution in [-0.4, -0.2) is 12.1 Å². The van der Waals surface area contributed by atoms with Crippen LogP contribution >= 0.6 is 0 Å². The van der Waals surface area contributed by atoms with Gasteiger partial charge in [-0.15, -0.1) is 0 Å². The highest BCUT2D eigenvalue weighted by atomic mass is 19.3. The van der Waals surface area contributed by atoms with E-state index in [2.05, 4.69) is 0 Å². The number of rotatable bonds is 3. The lowest BCUT2D eigenvalue weighted by Gasteiger charge is -2.27. The molecule has 0 saturated carbocycles. The van der Waals surface area contributed by atoms with Crippen LogP contribution in [0.4, 0.5) is 22.0 Å². The molecule has 1 unspecified atom stereocenters. The van der Waals surface area contributed by atoms with E-state index in [1.165, 1.54) is 18.2 Å². The second-order valence-corrected chi connectivity index (χ2v) is 3.18. The summed E-state index contributed by atoms with van der Waals surface area (Å²) < 4.78 is 64.6. The monoisotopic (exact) mass is 224 g/mol. The summed E-state index contributed by atoms with van der Waals surface area (Å²) in [5.74, 6) is -9.20. The van der Waals surface area contributed by atoms with Gasteiger partial charge in [-0.05, 0) is 6.92 Å². The standard InChI is InChI=1S/C10H9F5/c1-7(11)9(12,13)10(14,15)8-5-3-2-4-6-8/h2-7H,1H3. The fraction of sp³-hybridized carbons (Fsp3) is 0.400. The van der Waals surface area contributed by atoms with Crippen molar-refractivity contribution in [2.45, 2.75) is 24.9 Å². The van der Waals surface area contributed by atoms with Gasteiger partial charge in [0.2, 0.25) is 0 Å². The molecule has 0 amide bonds. The van der Waals surface area contributed by atoms with Crippen molar-refractivity contribution in [1.82, 2.24) is 0 Å². The summed E-state index contributed by atoms with van der Waals surface area (Å²) >= 11 is 0. The Kier molecular flexibility index (Phi) is 3.02. The number of halogens is 5. The Balaban J connectivity index is 3.13. The minimum absolute atomic E-state index is 0.414. The molecule has 0 spiro atoms. The van der Waals surface area contributed by atoms with Gasteiger partial charge in [-0.25, -0.2) is 4.39 Å². The van der Waals surface area contributed by atoms with Crippen molar-refractivity contribution in [2.75, 3.05) is 0 Å². The molecule has 1 aromatic rings. The molecule has 0 radical (unpaired) electrons. The fourth-order valence-electron chi connectivity index (χ4n) is 1.09. The van der Waals surface area contributed by atoms with E-state index in [1.54, 1.807) is 0 Å². The average molecular weight is 224 g/mol. The maximum absolute atomic E-state index is 13.2. The summed E-state index contributed by atoms with van der Waals surface area (Å²) in [6, 6.07) is 5.49. The first-order chi connectivity index (χ1) is 6.80. The first-order valence-electron chi connectivity index (χ1n) is 4.25. The Bertz CT molecular complexity index is 318. The number of alkyl halides is 5. The lowest BCUT2D eigenvalue weighted by Crippen LogP contribution is -2.44. The molecule has 0 aromatic heterocycles. The van der Waals surface area contributed by atoms with E-state index in [0.717, 1.165) is 12.1 Å². The van der Waals surface area contributed by atoms with Crippen molar-refractivity contribution < 1.29 is 22.0 Å². The maximum atomic E-state index is 13.2. The van der Waals surface area contributed by atoms with Crippen molar-refractivity contribution in [3.63, 3.8) is 0 Å². The summed E-state index contributed by atoms with van der Waals surface area (Å²) in [7, 11) is 0. The van der Waals surface area contributed by atoms with Crippen LogP contribution in [-0.2, 0) is 5.92 Å². The molecule has 0 aliphatic rings. The molecular formula is C10H9F5. The highest BCUT2D eigenvalue weighted by Crippen LogP contribution is 2.45. The molecule has 0 bridgehead atoms. The lowest BCUT2D eigenvalue weighted by atomic mass is 9.99. The molecule has 0 saturated heterocycles. The van der Waals surface area contributed by atoms with Crippen LogP contribution in [0.1, 0.15) is 12.5 Å². The molecule has 0 heterocycles. The van der Waals surface area contributed by atoms with Gasteiger partial charge < -0.3 is 0 Å². The number of hydrogen-bond donors (Lipinski definition) is 0. The van der Waals surface area contributed by atoms with Crippen LogP contribution in [0.15, 0.2) is 30.3 Å². The predicted octanol–water partition coefficient (Wildman–Crippen LogP) is 3.77. The molecule has 0 aliphatic heterocycles. The third-order valence-electron chi connectivity index (χ3n) is 2.05. The van der Waals surface area contributed by atoms with Gasteiger partial charge in [-0.3, -0.25) is 0 Å². The minimum Gasteiger partial charge on any atom is -0.241 e. The first-order valence-corrected chi connectivity index (χ1v) is 4.25. The second kappa shape index (κ2) is 3.79. The molecule has 0 N–H and O–H groups in total. The Morgan fingerprint density at radius 3 is 1.87 bits per heavy atom. The third-order valence-corrected chi connectivity index (χ3v) is 2.05. The summed E-state index contributed by atoms with van der Waals surface area (Å²) in [6.45, 7) is 0.414. The smallest absolute Gasteiger partial charge is 0.241 e. The van der Waals surface area contributed by atoms with E-state index in [-0.39, 0.29) is 0 Å². The van der Waals surface area contributed by atoms with Gasteiger partial charge in [0.25, 0.3) is 0 Å². The molecule has 0 nitrogen and oxygen atoms in total. The topological polar surface area (TPSA) is 0 Å². The second-order valence-electron chi connectivity index (χ2n) is 3.18. The van der Waals surface area contributed by atoms with Gasteiger partial charge >= 0.3 is 11.8 Å². The van der Waals surface area contributed by atoms with Crippen LogP contribution in [0, 0.1) is 0 Å². The Labute approximate surface area is 83.7 Å². The fourth-order valence-corrected chi connectivity index (χ4v) is 1.09. The van der Waals surface area contributed by atoms with Gasteiger partial charge in [0, 0.05) is 5.56 Å². The molecule has 0 fully saturated rings. The summed E-state index contributed by atoms with van der Waals surface area (Å²) in [5.41, 5.74) is -0.889. The van der Waals surface area contributed by atoms with E-state index >= 15 is 0 Å². The van der Waals surface area contributed by atoms with Crippen molar-refractivity contribution in [3.8, 4) is 0 Å². The summed E-state index contributed by atoms with van der Waals surface area (Å²) in [4.78, 5) is 0. The summed E-state index contributed by atoms with van der Waals surface area (Å²) in [6.07, 6.45) is -2.91. The van der Waals surface area contributed by atoms with Crippen LogP contribution in [0.2, 0.25) is 0 Å². The number of benzene rings is 1. The van der Waals surface area contributed by atoms with Crippen molar-refractivity contribution in [3.05, 3.63) is 35.9 Å². The molecule has 5 heteroatoms. The third kappa shape index (κ3) is 1.96. The molecule has 1 atom stereocenters. The quantitative estimate of drug-likeness (QED) is 0.685. The highest BCUT2D eigenvalue weighted by molar-refractivity contribution is 5.23. The molecule has 15 heavy (non-hydrogen) atoms. The van der Waals surface area contributed by atoms with Crippen molar-refractivity contribution in [1.29, 1.82) is 0 Å². The van der Waals surface area contributed by atoms with E-state index < -0.39 is 23.6 Å². The van der Waals surface area contributed by atoms with Gasteiger partial charge in [0.05, 0.1) is 0 Å². The average Bonchev–Trinajstić information content (AvgIpc) is 2.18. The van der Waals surface area contributed by atoms with Gasteiger partial charge in [-0.2, -0.15) is 17.6 Å². The maximum Gasteiger partial charge on any atom is 0.344 e. The summed E-state index contributed by atoms with van der Waals surface area (Å²) in [5, 5.41) is 0. The first kappa shape index (κ1) is 11.9. The van der Waals surface area contributed by atoms with E-state index in [1.807, 2.05) is 0 Å². The zero-order valence-electron chi connectivity index (χ0n) is 7.85. The van der Waals surface area contributed by atoms with Gasteiger partial charge in [0.15, 0.2) is 6.17 Å². The van der Waals surface area contributed by atoms with Crippen molar-refractivity contribution >= 4 is 0 Å². The molecule has 1 rings (SSSR count). The largest absolute Gasteiger partial charge is 0.344 e. The molecule has 0 aliphatic carbocycles. The zero-order chi connectivity index (χ0) is 11.7. The van der Waals surface area contributed by atoms with Crippen LogP contribution in [0.25, 0.3) is 0 Å². The van der Waals surface area contributed by atoms with Crippen molar-refractivity contribution in [2.24, 2.45) is 0 Å². The van der Waals surface area contributed by atoms with E-state index in [4.69, 9.17) is 0 Å². The lowest BCUT2D eigenvalue weighted by molar-refractivity contribution is -0.242. The number of hydrogen-bond acceptors (Lipinski definition) is 0. The SMILES string of the molecule is CC(F)C(F)(F)C(F)(F)c1ccccc1. The Morgan fingerprint density at radius 2 is 1.47 bits per heavy atom. The molecule has 84 valence electrons. The van der Waals surface area contributed by atoms with Gasteiger partial charge in [0.1, 0.15) is 0 Å². The van der Waals surface area contributed by atoms with Crippen LogP contribution < -0.4 is 0 Å². The highest BCUT2D eigenvalue weighted by Gasteiger charge is 2.61. The van der Waals surface area contributed by atoms with Crippen LogP contribution in [0.3, 0.4) is 0 Å². The Morgan fingerprint density at radius 1 is 1.00 bits per heavy atom. The van der Waals surface area contributed by atoms with E-state index in [9.17, 15) is 22.0 Å². The molecular weight excluding hydrogens is 215 g/mol. The zero-order valence-corrected chi connectivity index (χ0v) is 7.85. The van der Waals surface area contributed by atoms with Crippen LogP contribution in [0.5, 0.6) is 0 Å². The Hall–Kier alpha value is -1.13. The normalized spacial score (nSPS) is 15.1. The predicted molar refractivity (Wildman–Crippen MR) is 45.9 cm³/mol. The van der Waals surface area contributed by atoms with E-state index in [0.29, 0.717) is 6.92 Å². The van der Waals surface area contributed by atoms with Gasteiger partial charge in [-0.1, -0.05) is 30.3 Å².